The summed E-state index contributed by atoms with van der Waals surface area (Å²) in [6, 6.07) is 3.04. The van der Waals surface area contributed by atoms with Crippen molar-refractivity contribution in [3.8, 4) is 0 Å². The molecule has 0 unspecified atom stereocenters. The zero-order valence-corrected chi connectivity index (χ0v) is 39.4. The first-order chi connectivity index (χ1) is 26.3. The number of carbonyl (C=O) groups excluding carboxylic acids is 2. The van der Waals surface area contributed by atoms with Crippen molar-refractivity contribution in [1.82, 2.24) is 0 Å². The predicted molar refractivity (Wildman–Crippen MR) is 223 cm³/mol. The van der Waals surface area contributed by atoms with Gasteiger partial charge < -0.3 is 14.0 Å². The van der Waals surface area contributed by atoms with Crippen LogP contribution in [-0.4, -0.2) is 38.1 Å². The molecule has 0 N–H and O–H groups in total. The molecular formula is C46H77KO7S. The van der Waals surface area contributed by atoms with E-state index in [2.05, 4.69) is 13.8 Å². The van der Waals surface area contributed by atoms with Crippen LogP contribution >= 0.6 is 0 Å². The summed E-state index contributed by atoms with van der Waals surface area (Å²) >= 11 is 0. The van der Waals surface area contributed by atoms with E-state index in [-0.39, 0.29) is 75.7 Å². The maximum atomic E-state index is 12.9. The van der Waals surface area contributed by atoms with E-state index in [4.69, 9.17) is 9.47 Å². The summed E-state index contributed by atoms with van der Waals surface area (Å²) in [7, 11) is -4.84. The number of hydrogen-bond acceptors (Lipinski definition) is 7. The zero-order chi connectivity index (χ0) is 39.4. The summed E-state index contributed by atoms with van der Waals surface area (Å²) in [5.74, 6) is -1.67. The summed E-state index contributed by atoms with van der Waals surface area (Å²) in [5, 5.41) is 0. The van der Waals surface area contributed by atoms with Crippen LogP contribution in [0.1, 0.15) is 227 Å². The number of esters is 2. The van der Waals surface area contributed by atoms with Crippen LogP contribution in [0.4, 0.5) is 0 Å². The van der Waals surface area contributed by atoms with Gasteiger partial charge in [-0.25, -0.2) is 18.0 Å². The van der Waals surface area contributed by atoms with Crippen LogP contribution in [0.3, 0.4) is 0 Å². The van der Waals surface area contributed by atoms with Crippen molar-refractivity contribution in [1.29, 1.82) is 0 Å². The molecule has 9 heteroatoms. The van der Waals surface area contributed by atoms with Crippen LogP contribution in [0.25, 0.3) is 0 Å². The second kappa shape index (κ2) is 38.7. The van der Waals surface area contributed by atoms with Gasteiger partial charge >= 0.3 is 63.3 Å². The van der Waals surface area contributed by atoms with E-state index in [0.717, 1.165) is 50.3 Å². The van der Waals surface area contributed by atoms with Gasteiger partial charge in [0, 0.05) is 0 Å². The summed E-state index contributed by atoms with van der Waals surface area (Å²) in [5.41, 5.74) is -0.442. The van der Waals surface area contributed by atoms with Gasteiger partial charge in [0.1, 0.15) is 23.3 Å². The molecule has 0 fully saturated rings. The Morgan fingerprint density at radius 3 is 1.13 bits per heavy atom. The molecule has 1 aromatic carbocycles. The molecule has 1 rings (SSSR count). The number of hydrogen-bond donors (Lipinski definition) is 0. The third-order valence-electron chi connectivity index (χ3n) is 10.1. The van der Waals surface area contributed by atoms with Gasteiger partial charge in [-0.1, -0.05) is 205 Å². The fourth-order valence-corrected chi connectivity index (χ4v) is 7.21. The maximum Gasteiger partial charge on any atom is 1.00 e. The summed E-state index contributed by atoms with van der Waals surface area (Å²) in [6.07, 6.45) is 46.0. The summed E-state index contributed by atoms with van der Waals surface area (Å²) < 4.78 is 45.5. The number of rotatable bonds is 37. The molecule has 0 aromatic heterocycles. The van der Waals surface area contributed by atoms with Crippen molar-refractivity contribution in [2.45, 2.75) is 211 Å². The molecule has 0 saturated heterocycles. The van der Waals surface area contributed by atoms with Crippen molar-refractivity contribution >= 4 is 22.1 Å². The first-order valence-electron chi connectivity index (χ1n) is 22.0. The first kappa shape index (κ1) is 54.2. The Bertz CT molecular complexity index is 1240. The molecule has 310 valence electrons. The Balaban J connectivity index is 0.0000292. The van der Waals surface area contributed by atoms with Crippen LogP contribution in [0.5, 0.6) is 0 Å². The van der Waals surface area contributed by atoms with Crippen molar-refractivity contribution in [2.75, 3.05) is 13.2 Å². The molecule has 1 aromatic rings. The number of benzene rings is 1. The predicted octanol–water partition coefficient (Wildman–Crippen LogP) is 10.8. The van der Waals surface area contributed by atoms with Crippen LogP contribution in [0, 0.1) is 0 Å². The minimum atomic E-state index is -4.84. The minimum Gasteiger partial charge on any atom is -0.744 e. The largest absolute Gasteiger partial charge is 1.00 e. The molecule has 0 bridgehead atoms. The van der Waals surface area contributed by atoms with Gasteiger partial charge in [0.05, 0.1) is 16.0 Å². The van der Waals surface area contributed by atoms with Crippen LogP contribution in [-0.2, 0) is 19.6 Å². The number of allylic oxidation sites excluding steroid dienone is 2. The van der Waals surface area contributed by atoms with E-state index < -0.39 is 27.0 Å². The average molecular weight is 813 g/mol. The molecule has 0 atom stereocenters. The fourth-order valence-electron chi connectivity index (χ4n) is 6.71. The van der Waals surface area contributed by atoms with E-state index in [0.29, 0.717) is 0 Å². The Hall–Kier alpha value is -0.814. The molecule has 0 heterocycles. The average Bonchev–Trinajstić information content (AvgIpc) is 3.16. The molecule has 0 amide bonds. The molecule has 0 saturated carbocycles. The Kier molecular flexibility index (Phi) is 38.1. The third kappa shape index (κ3) is 31.8. The zero-order valence-electron chi connectivity index (χ0n) is 35.4. The molecule has 0 spiro atoms. The molecular weight excluding hydrogens is 736 g/mol. The maximum absolute atomic E-state index is 12.9. The fraction of sp³-hybridized carbons (Fsp3) is 0.739. The molecule has 0 radical (unpaired) electrons. The van der Waals surface area contributed by atoms with E-state index in [1.54, 1.807) is 12.2 Å². The normalized spacial score (nSPS) is 11.7. The standard InChI is InChI=1S/C46H78O7S.K/c1-3-5-7-9-11-13-15-17-19-21-23-25-27-29-31-33-35-39-52-45(47)43-38-37-42(54(49,50)51)41-44(43)46(48)53-40-36-34-32-30-28-26-24-22-20-18-16-14-12-10-8-6-4-2;/h33-38,41H,3-32,39-40H2,1-2H3,(H,49,50,51);/q;+1/p-1/b35-33+,36-34+;. The number of unbranched alkanes of at least 4 members (excludes halogenated alkanes) is 28. The van der Waals surface area contributed by atoms with Gasteiger partial charge in [0.25, 0.3) is 0 Å². The van der Waals surface area contributed by atoms with Crippen LogP contribution in [0.2, 0.25) is 0 Å². The summed E-state index contributed by atoms with van der Waals surface area (Å²) in [6.45, 7) is 4.52. The third-order valence-corrected chi connectivity index (χ3v) is 11.0. The first-order valence-corrected chi connectivity index (χ1v) is 23.5. The molecule has 0 aliphatic heterocycles. The minimum absolute atomic E-state index is 0. The topological polar surface area (TPSA) is 110 Å². The Labute approximate surface area is 380 Å². The quantitative estimate of drug-likeness (QED) is 0.0216. The SMILES string of the molecule is CCCCCCCCCCCCCCCC/C=C/COC(=O)c1ccc(S(=O)(=O)[O-])cc1C(=O)OC/C=C/CCCCCCCCCCCCCCCC.[K+]. The van der Waals surface area contributed by atoms with Gasteiger partial charge in [-0.2, -0.15) is 0 Å². The van der Waals surface area contributed by atoms with Gasteiger partial charge in [-0.15, -0.1) is 0 Å². The van der Waals surface area contributed by atoms with Gasteiger partial charge in [0.2, 0.25) is 0 Å². The van der Waals surface area contributed by atoms with Crippen molar-refractivity contribution < 1.29 is 83.4 Å². The monoisotopic (exact) mass is 813 g/mol. The number of carbonyl (C=O) groups is 2. The molecule has 0 aliphatic rings. The van der Waals surface area contributed by atoms with Crippen molar-refractivity contribution in [3.05, 3.63) is 53.6 Å². The van der Waals surface area contributed by atoms with E-state index in [1.165, 1.54) is 161 Å². The van der Waals surface area contributed by atoms with Crippen LogP contribution in [0.15, 0.2) is 47.4 Å². The van der Waals surface area contributed by atoms with Crippen LogP contribution < -0.4 is 51.4 Å². The Morgan fingerprint density at radius 2 is 0.800 bits per heavy atom. The van der Waals surface area contributed by atoms with E-state index in [1.807, 2.05) is 12.2 Å². The summed E-state index contributed by atoms with van der Waals surface area (Å²) in [4.78, 5) is 25.1. The number of ether oxygens (including phenoxy) is 2. The Morgan fingerprint density at radius 1 is 0.491 bits per heavy atom. The van der Waals surface area contributed by atoms with Gasteiger partial charge in [-0.3, -0.25) is 0 Å². The molecule has 7 nitrogen and oxygen atoms in total. The van der Waals surface area contributed by atoms with Gasteiger partial charge in [0.15, 0.2) is 0 Å². The second-order valence-electron chi connectivity index (χ2n) is 15.1. The van der Waals surface area contributed by atoms with E-state index >= 15 is 0 Å². The smallest absolute Gasteiger partial charge is 0.744 e. The van der Waals surface area contributed by atoms with E-state index in [9.17, 15) is 22.6 Å². The molecule has 0 aliphatic carbocycles. The van der Waals surface area contributed by atoms with Crippen molar-refractivity contribution in [3.63, 3.8) is 0 Å². The second-order valence-corrected chi connectivity index (χ2v) is 16.5. The van der Waals surface area contributed by atoms with Gasteiger partial charge in [-0.05, 0) is 43.9 Å². The van der Waals surface area contributed by atoms with Crippen molar-refractivity contribution in [2.24, 2.45) is 0 Å². The molecule has 55 heavy (non-hydrogen) atoms.